The van der Waals surface area contributed by atoms with E-state index in [9.17, 15) is 0 Å². The van der Waals surface area contributed by atoms with Gasteiger partial charge in [-0.2, -0.15) is 0 Å². The summed E-state index contributed by atoms with van der Waals surface area (Å²) in [5, 5.41) is 3.46. The van der Waals surface area contributed by atoms with Gasteiger partial charge in [0.1, 0.15) is 5.75 Å². The summed E-state index contributed by atoms with van der Waals surface area (Å²) in [6, 6.07) is 6.37. The van der Waals surface area contributed by atoms with Gasteiger partial charge in [-0.15, -0.1) is 0 Å². The molecule has 0 saturated carbocycles. The fourth-order valence-electron chi connectivity index (χ4n) is 1.80. The molecule has 0 aliphatic carbocycles. The fraction of sp³-hybridized carbons (Fsp3) is 0.600. The number of ether oxygens (including phenoxy) is 1. The van der Waals surface area contributed by atoms with Crippen LogP contribution in [0.5, 0.6) is 5.75 Å². The Morgan fingerprint density at radius 2 is 2.06 bits per heavy atom. The van der Waals surface area contributed by atoms with Gasteiger partial charge in [0.15, 0.2) is 0 Å². The van der Waals surface area contributed by atoms with Crippen molar-refractivity contribution in [2.45, 2.75) is 33.7 Å². The third-order valence-corrected chi connectivity index (χ3v) is 3.22. The molecule has 0 aliphatic heterocycles. The summed E-state index contributed by atoms with van der Waals surface area (Å²) in [6.07, 6.45) is 1.05. The second-order valence-corrected chi connectivity index (χ2v) is 5.47. The van der Waals surface area contributed by atoms with E-state index in [2.05, 4.69) is 38.2 Å². The topological polar surface area (TPSA) is 47.3 Å². The number of nitrogens with two attached hydrogens (primary N) is 1. The molecule has 0 bridgehead atoms. The molecule has 0 amide bonds. The summed E-state index contributed by atoms with van der Waals surface area (Å²) in [5.74, 6) is 0.949. The molecule has 0 fully saturated rings. The minimum Gasteiger partial charge on any atom is -0.496 e. The van der Waals surface area contributed by atoms with Crippen LogP contribution in [0.2, 0.25) is 0 Å². The molecule has 102 valence electrons. The number of rotatable bonds is 7. The van der Waals surface area contributed by atoms with Gasteiger partial charge < -0.3 is 15.8 Å². The molecule has 0 aliphatic rings. The van der Waals surface area contributed by atoms with Gasteiger partial charge in [-0.05, 0) is 30.0 Å². The van der Waals surface area contributed by atoms with Crippen LogP contribution in [0.1, 0.15) is 31.9 Å². The minimum absolute atomic E-state index is 0.135. The number of aryl methyl sites for hydroxylation is 1. The zero-order valence-corrected chi connectivity index (χ0v) is 12.0. The largest absolute Gasteiger partial charge is 0.496 e. The summed E-state index contributed by atoms with van der Waals surface area (Å²) < 4.78 is 5.39. The summed E-state index contributed by atoms with van der Waals surface area (Å²) in [7, 11) is 1.72. The molecule has 1 rings (SSSR count). The van der Waals surface area contributed by atoms with Crippen molar-refractivity contribution in [2.24, 2.45) is 11.1 Å². The molecule has 0 saturated heterocycles. The highest BCUT2D eigenvalue weighted by atomic mass is 16.5. The Bertz CT molecular complexity index is 375. The lowest BCUT2D eigenvalue weighted by atomic mass is 9.94. The molecule has 3 N–H and O–H groups in total. The van der Waals surface area contributed by atoms with Crippen LogP contribution in [0.3, 0.4) is 0 Å². The van der Waals surface area contributed by atoms with Crippen LogP contribution in [0, 0.1) is 5.41 Å². The molecule has 0 heterocycles. The summed E-state index contributed by atoms with van der Waals surface area (Å²) in [4.78, 5) is 0. The Labute approximate surface area is 111 Å². The van der Waals surface area contributed by atoms with E-state index in [1.54, 1.807) is 7.11 Å². The van der Waals surface area contributed by atoms with Crippen molar-refractivity contribution in [3.63, 3.8) is 0 Å². The van der Waals surface area contributed by atoms with Crippen molar-refractivity contribution in [3.8, 4) is 5.75 Å². The van der Waals surface area contributed by atoms with Gasteiger partial charge in [0.05, 0.1) is 7.11 Å². The van der Waals surface area contributed by atoms with Crippen LogP contribution in [-0.2, 0) is 13.0 Å². The van der Waals surface area contributed by atoms with E-state index in [0.717, 1.165) is 25.3 Å². The maximum absolute atomic E-state index is 5.72. The van der Waals surface area contributed by atoms with Crippen LogP contribution < -0.4 is 15.8 Å². The predicted octanol–water partition coefficient (Wildman–Crippen LogP) is 2.33. The number of nitrogens with one attached hydrogen (secondary N) is 1. The minimum atomic E-state index is 0.135. The molecule has 1 aromatic rings. The Hall–Kier alpha value is -1.06. The van der Waals surface area contributed by atoms with Gasteiger partial charge in [-0.1, -0.05) is 32.9 Å². The molecule has 0 aromatic heterocycles. The molecule has 3 nitrogen and oxygen atoms in total. The van der Waals surface area contributed by atoms with Crippen LogP contribution in [-0.4, -0.2) is 20.2 Å². The quantitative estimate of drug-likeness (QED) is 0.781. The average Bonchev–Trinajstić information content (AvgIpc) is 2.38. The van der Waals surface area contributed by atoms with Gasteiger partial charge in [-0.3, -0.25) is 0 Å². The normalized spacial score (nSPS) is 11.6. The monoisotopic (exact) mass is 250 g/mol. The van der Waals surface area contributed by atoms with Gasteiger partial charge in [0.25, 0.3) is 0 Å². The maximum atomic E-state index is 5.72. The Morgan fingerprint density at radius 3 is 2.61 bits per heavy atom. The van der Waals surface area contributed by atoms with Gasteiger partial charge in [0, 0.05) is 18.7 Å². The molecule has 0 atom stereocenters. The molecule has 0 radical (unpaired) electrons. The van der Waals surface area contributed by atoms with E-state index < -0.39 is 0 Å². The predicted molar refractivity (Wildman–Crippen MR) is 76.9 cm³/mol. The second-order valence-electron chi connectivity index (χ2n) is 5.47. The molecular formula is C15H26N2O. The van der Waals surface area contributed by atoms with E-state index in [4.69, 9.17) is 10.5 Å². The number of hydrogen-bond acceptors (Lipinski definition) is 3. The van der Waals surface area contributed by atoms with Gasteiger partial charge in [-0.25, -0.2) is 0 Å². The first-order chi connectivity index (χ1) is 8.52. The van der Waals surface area contributed by atoms with Crippen LogP contribution in [0.4, 0.5) is 0 Å². The summed E-state index contributed by atoms with van der Waals surface area (Å²) in [5.41, 5.74) is 8.41. The highest BCUT2D eigenvalue weighted by Gasteiger charge is 2.15. The summed E-state index contributed by atoms with van der Waals surface area (Å²) >= 11 is 0. The van der Waals surface area contributed by atoms with Crippen molar-refractivity contribution in [1.82, 2.24) is 5.32 Å². The molecule has 3 heteroatoms. The molecule has 0 unspecified atom stereocenters. The van der Waals surface area contributed by atoms with Crippen molar-refractivity contribution >= 4 is 0 Å². The first-order valence-electron chi connectivity index (χ1n) is 6.59. The molecule has 0 spiro atoms. The van der Waals surface area contributed by atoms with Crippen LogP contribution >= 0.6 is 0 Å². The molecule has 18 heavy (non-hydrogen) atoms. The molecule has 1 aromatic carbocycles. The summed E-state index contributed by atoms with van der Waals surface area (Å²) in [6.45, 7) is 8.91. The van der Waals surface area contributed by atoms with E-state index in [-0.39, 0.29) is 5.41 Å². The number of benzene rings is 1. The van der Waals surface area contributed by atoms with E-state index >= 15 is 0 Å². The lowest BCUT2D eigenvalue weighted by Crippen LogP contribution is -2.35. The first-order valence-corrected chi connectivity index (χ1v) is 6.59. The maximum Gasteiger partial charge on any atom is 0.123 e. The standard InChI is InChI=1S/C15H26N2O/c1-5-12-6-7-14(18-4)13(8-12)9-17-11-15(2,3)10-16/h6-8,17H,5,9-11,16H2,1-4H3. The van der Waals surface area contributed by atoms with Crippen LogP contribution in [0.15, 0.2) is 18.2 Å². The Kier molecular flexibility index (Phi) is 5.63. The lowest BCUT2D eigenvalue weighted by Gasteiger charge is -2.23. The van der Waals surface area contributed by atoms with Crippen molar-refractivity contribution < 1.29 is 4.74 Å². The zero-order chi connectivity index (χ0) is 13.6. The highest BCUT2D eigenvalue weighted by Crippen LogP contribution is 2.20. The fourth-order valence-corrected chi connectivity index (χ4v) is 1.80. The lowest BCUT2D eigenvalue weighted by molar-refractivity contribution is 0.348. The van der Waals surface area contributed by atoms with E-state index in [1.165, 1.54) is 11.1 Å². The first kappa shape index (κ1) is 15.0. The Balaban J connectivity index is 2.65. The third kappa shape index (κ3) is 4.31. The number of hydrogen-bond donors (Lipinski definition) is 2. The Morgan fingerprint density at radius 1 is 1.33 bits per heavy atom. The van der Waals surface area contributed by atoms with E-state index in [1.807, 2.05) is 6.07 Å². The average molecular weight is 250 g/mol. The van der Waals surface area contributed by atoms with Crippen molar-refractivity contribution in [1.29, 1.82) is 0 Å². The van der Waals surface area contributed by atoms with Gasteiger partial charge >= 0.3 is 0 Å². The SMILES string of the molecule is CCc1ccc(OC)c(CNCC(C)(C)CN)c1. The second kappa shape index (κ2) is 6.76. The number of methoxy groups -OCH3 is 1. The molecular weight excluding hydrogens is 224 g/mol. The van der Waals surface area contributed by atoms with Gasteiger partial charge in [0.2, 0.25) is 0 Å². The van der Waals surface area contributed by atoms with Crippen molar-refractivity contribution in [2.75, 3.05) is 20.2 Å². The third-order valence-electron chi connectivity index (χ3n) is 3.22. The van der Waals surface area contributed by atoms with Crippen molar-refractivity contribution in [3.05, 3.63) is 29.3 Å². The highest BCUT2D eigenvalue weighted by molar-refractivity contribution is 5.37. The van der Waals surface area contributed by atoms with E-state index in [0.29, 0.717) is 6.54 Å². The zero-order valence-electron chi connectivity index (χ0n) is 12.0. The smallest absolute Gasteiger partial charge is 0.123 e. The van der Waals surface area contributed by atoms with Crippen LogP contribution in [0.25, 0.3) is 0 Å².